The predicted molar refractivity (Wildman–Crippen MR) is 116 cm³/mol. The largest absolute Gasteiger partial charge is 0.359 e. The minimum absolute atomic E-state index is 0.0489. The van der Waals surface area contributed by atoms with E-state index in [1.165, 1.54) is 16.3 Å². The van der Waals surface area contributed by atoms with Crippen LogP contribution in [0.25, 0.3) is 0 Å². The molecule has 0 fully saturated rings. The number of rotatable bonds is 8. The van der Waals surface area contributed by atoms with Gasteiger partial charge in [-0.2, -0.15) is 0 Å². The maximum Gasteiger partial charge on any atom is 0.147 e. The molecule has 27 heavy (non-hydrogen) atoms. The average Bonchev–Trinajstić information content (AvgIpc) is 3.26. The van der Waals surface area contributed by atoms with E-state index < -0.39 is 8.07 Å². The molecule has 0 heterocycles. The molecular formula is C24H32O2Si. The van der Waals surface area contributed by atoms with Gasteiger partial charge in [-0.05, 0) is 11.1 Å². The van der Waals surface area contributed by atoms with E-state index in [0.717, 1.165) is 0 Å². The van der Waals surface area contributed by atoms with Crippen LogP contribution in [0.2, 0.25) is 13.1 Å². The zero-order chi connectivity index (χ0) is 19.7. The van der Waals surface area contributed by atoms with Crippen molar-refractivity contribution in [2.45, 2.75) is 45.9 Å². The monoisotopic (exact) mass is 380 g/mol. The van der Waals surface area contributed by atoms with Crippen LogP contribution >= 0.6 is 0 Å². The predicted octanol–water partition coefficient (Wildman–Crippen LogP) is 5.27. The molecule has 3 rings (SSSR count). The number of ether oxygens (including phenoxy) is 2. The Hall–Kier alpha value is -1.68. The first-order valence-electron chi connectivity index (χ1n) is 9.78. The highest BCUT2D eigenvalue weighted by Gasteiger charge is 2.56. The molecule has 0 N–H and O–H groups in total. The molecule has 144 valence electrons. The van der Waals surface area contributed by atoms with Crippen molar-refractivity contribution in [1.82, 2.24) is 0 Å². The number of methoxy groups -OCH3 is 1. The Balaban J connectivity index is 2.00. The van der Waals surface area contributed by atoms with Gasteiger partial charge in [0.15, 0.2) is 0 Å². The minimum atomic E-state index is -1.73. The first kappa shape index (κ1) is 20.1. The van der Waals surface area contributed by atoms with E-state index in [1.54, 1.807) is 12.3 Å². The Morgan fingerprint density at radius 2 is 1.48 bits per heavy atom. The first-order chi connectivity index (χ1) is 12.8. The second kappa shape index (κ2) is 7.74. The summed E-state index contributed by atoms with van der Waals surface area (Å²) in [7, 11) is -0.0395. The molecule has 2 atom stereocenters. The minimum Gasteiger partial charge on any atom is -0.359 e. The van der Waals surface area contributed by atoms with Gasteiger partial charge in [-0.1, -0.05) is 105 Å². The van der Waals surface area contributed by atoms with Crippen LogP contribution in [0.1, 0.15) is 32.3 Å². The standard InChI is InChI=1S/C24H32O2Si/c1-18(19-13-9-7-10-14-19)22(26-17-25-4)21-23(24(21,2)3)27(5,6)20-15-11-8-12-16-20/h7-16,18,22H,17H2,1-6H3/t18-,22+/m0/s1. The zero-order valence-corrected chi connectivity index (χ0v) is 18.5. The molecule has 2 aromatic rings. The molecule has 2 nitrogen and oxygen atoms in total. The maximum absolute atomic E-state index is 6.27. The molecule has 0 bridgehead atoms. The fraction of sp³-hybridized carbons (Fsp3) is 0.417. The average molecular weight is 381 g/mol. The summed E-state index contributed by atoms with van der Waals surface area (Å²) in [6, 6.07) is 21.7. The Morgan fingerprint density at radius 3 is 2.04 bits per heavy atom. The number of hydrogen-bond acceptors (Lipinski definition) is 2. The lowest BCUT2D eigenvalue weighted by molar-refractivity contribution is -0.0660. The van der Waals surface area contributed by atoms with Crippen molar-refractivity contribution in [3.05, 3.63) is 77.0 Å². The van der Waals surface area contributed by atoms with Gasteiger partial charge in [0.05, 0.1) is 6.10 Å². The Bertz CT molecular complexity index is 794. The smallest absolute Gasteiger partial charge is 0.147 e. The number of benzene rings is 2. The van der Waals surface area contributed by atoms with E-state index in [0.29, 0.717) is 6.79 Å². The molecule has 0 aliphatic heterocycles. The third kappa shape index (κ3) is 3.82. The topological polar surface area (TPSA) is 18.5 Å². The Morgan fingerprint density at radius 1 is 0.926 bits per heavy atom. The van der Waals surface area contributed by atoms with Crippen molar-refractivity contribution in [3.8, 4) is 0 Å². The van der Waals surface area contributed by atoms with Crippen LogP contribution in [0.3, 0.4) is 0 Å². The first-order valence-corrected chi connectivity index (χ1v) is 12.8. The van der Waals surface area contributed by atoms with Crippen LogP contribution in [0.5, 0.6) is 0 Å². The highest BCUT2D eigenvalue weighted by atomic mass is 28.3. The molecule has 1 aliphatic rings. The Labute approximate surface area is 165 Å². The summed E-state index contributed by atoms with van der Waals surface area (Å²) in [6.07, 6.45) is 0.0489. The van der Waals surface area contributed by atoms with Crippen LogP contribution in [-0.4, -0.2) is 28.1 Å². The zero-order valence-electron chi connectivity index (χ0n) is 17.5. The fourth-order valence-corrected chi connectivity index (χ4v) is 8.74. The van der Waals surface area contributed by atoms with E-state index in [9.17, 15) is 0 Å². The third-order valence-electron chi connectivity index (χ3n) is 6.06. The van der Waals surface area contributed by atoms with E-state index in [-0.39, 0.29) is 17.4 Å². The summed E-state index contributed by atoms with van der Waals surface area (Å²) in [5, 5.41) is 3.12. The molecule has 3 heteroatoms. The fourth-order valence-electron chi connectivity index (χ4n) is 4.66. The van der Waals surface area contributed by atoms with E-state index in [4.69, 9.17) is 9.47 Å². The molecule has 2 aromatic carbocycles. The second-order valence-corrected chi connectivity index (χ2v) is 12.9. The summed E-state index contributed by atoms with van der Waals surface area (Å²) in [5.41, 5.74) is 2.91. The van der Waals surface area contributed by atoms with E-state index >= 15 is 0 Å². The van der Waals surface area contributed by atoms with Gasteiger partial charge in [0.1, 0.15) is 14.9 Å². The molecule has 0 radical (unpaired) electrons. The van der Waals surface area contributed by atoms with Crippen molar-refractivity contribution in [2.24, 2.45) is 5.41 Å². The van der Waals surface area contributed by atoms with Crippen molar-refractivity contribution < 1.29 is 9.47 Å². The van der Waals surface area contributed by atoms with Gasteiger partial charge in [0.2, 0.25) is 0 Å². The summed E-state index contributed by atoms with van der Waals surface area (Å²) >= 11 is 0. The van der Waals surface area contributed by atoms with Crippen LogP contribution < -0.4 is 5.19 Å². The van der Waals surface area contributed by atoms with Gasteiger partial charge in [-0.15, -0.1) is 0 Å². The summed E-state index contributed by atoms with van der Waals surface area (Å²) in [4.78, 5) is 0. The lowest BCUT2D eigenvalue weighted by atomic mass is 9.90. The molecule has 0 saturated carbocycles. The highest BCUT2D eigenvalue weighted by Crippen LogP contribution is 2.59. The van der Waals surface area contributed by atoms with Crippen molar-refractivity contribution >= 4 is 13.3 Å². The van der Waals surface area contributed by atoms with Crippen LogP contribution in [0.15, 0.2) is 71.4 Å². The number of allylic oxidation sites excluding steroid dienone is 1. The van der Waals surface area contributed by atoms with Crippen LogP contribution in [-0.2, 0) is 9.47 Å². The second-order valence-electron chi connectivity index (χ2n) is 8.60. The summed E-state index contributed by atoms with van der Waals surface area (Å²) in [6.45, 7) is 12.2. The molecule has 0 spiro atoms. The molecule has 0 amide bonds. The van der Waals surface area contributed by atoms with Gasteiger partial charge in [-0.3, -0.25) is 0 Å². The summed E-state index contributed by atoms with van der Waals surface area (Å²) in [5.74, 6) is 0.286. The van der Waals surface area contributed by atoms with E-state index in [2.05, 4.69) is 94.5 Å². The maximum atomic E-state index is 6.27. The molecule has 1 aliphatic carbocycles. The van der Waals surface area contributed by atoms with Crippen LogP contribution in [0, 0.1) is 5.41 Å². The quantitative estimate of drug-likeness (QED) is 0.459. The SMILES string of the molecule is COCO[C@@H](C1=C([Si](C)(C)c2ccccc2)C1(C)C)[C@@H](C)c1ccccc1. The van der Waals surface area contributed by atoms with Gasteiger partial charge < -0.3 is 9.47 Å². The normalized spacial score (nSPS) is 18.3. The van der Waals surface area contributed by atoms with Crippen molar-refractivity contribution in [1.29, 1.82) is 0 Å². The van der Waals surface area contributed by atoms with Gasteiger partial charge in [0.25, 0.3) is 0 Å². The van der Waals surface area contributed by atoms with Crippen LogP contribution in [0.4, 0.5) is 0 Å². The number of hydrogen-bond donors (Lipinski definition) is 0. The van der Waals surface area contributed by atoms with Gasteiger partial charge >= 0.3 is 0 Å². The van der Waals surface area contributed by atoms with Gasteiger partial charge in [-0.25, -0.2) is 0 Å². The molecule has 0 unspecified atom stereocenters. The van der Waals surface area contributed by atoms with Crippen molar-refractivity contribution in [3.63, 3.8) is 0 Å². The Kier molecular flexibility index (Phi) is 5.75. The lowest BCUT2D eigenvalue weighted by Gasteiger charge is -2.25. The van der Waals surface area contributed by atoms with E-state index in [1.807, 2.05) is 0 Å². The molecule has 0 saturated heterocycles. The summed E-state index contributed by atoms with van der Waals surface area (Å²) < 4.78 is 11.5. The van der Waals surface area contributed by atoms with Crippen molar-refractivity contribution in [2.75, 3.05) is 13.9 Å². The lowest BCUT2D eigenvalue weighted by Crippen LogP contribution is -2.42. The third-order valence-corrected chi connectivity index (χ3v) is 9.98. The highest BCUT2D eigenvalue weighted by molar-refractivity contribution is 6.97. The molecular weight excluding hydrogens is 348 g/mol. The van der Waals surface area contributed by atoms with Gasteiger partial charge in [0, 0.05) is 18.4 Å². The molecule has 0 aromatic heterocycles.